The van der Waals surface area contributed by atoms with E-state index in [9.17, 15) is 4.79 Å². The predicted molar refractivity (Wildman–Crippen MR) is 90.2 cm³/mol. The summed E-state index contributed by atoms with van der Waals surface area (Å²) in [7, 11) is 1.64. The van der Waals surface area contributed by atoms with E-state index in [2.05, 4.69) is 23.8 Å². The van der Waals surface area contributed by atoms with Crippen LogP contribution >= 0.6 is 0 Å². The second-order valence-corrected chi connectivity index (χ2v) is 6.52. The van der Waals surface area contributed by atoms with Crippen molar-refractivity contribution >= 4 is 5.91 Å². The van der Waals surface area contributed by atoms with Crippen molar-refractivity contribution in [2.75, 3.05) is 20.3 Å². The van der Waals surface area contributed by atoms with Crippen molar-refractivity contribution < 1.29 is 14.3 Å². The van der Waals surface area contributed by atoms with Gasteiger partial charge in [-0.15, -0.1) is 0 Å². The highest BCUT2D eigenvalue weighted by atomic mass is 16.5. The van der Waals surface area contributed by atoms with Gasteiger partial charge in [-0.1, -0.05) is 6.07 Å². The van der Waals surface area contributed by atoms with Crippen LogP contribution in [-0.2, 0) is 17.8 Å². The summed E-state index contributed by atoms with van der Waals surface area (Å²) in [6.07, 6.45) is 2.81. The van der Waals surface area contributed by atoms with Crippen LogP contribution in [0.25, 0.3) is 0 Å². The summed E-state index contributed by atoms with van der Waals surface area (Å²) < 4.78 is 13.3. The Kier molecular flexibility index (Phi) is 3.71. The van der Waals surface area contributed by atoms with Crippen LogP contribution in [0.3, 0.4) is 0 Å². The van der Waals surface area contributed by atoms with Gasteiger partial charge in [0.2, 0.25) is 5.91 Å². The fraction of sp³-hybridized carbons (Fsp3) is 0.421. The molecule has 5 heteroatoms. The number of fused-ring (bicyclic) bond motifs is 2. The van der Waals surface area contributed by atoms with E-state index in [1.807, 2.05) is 29.2 Å². The van der Waals surface area contributed by atoms with E-state index in [1.165, 1.54) is 5.69 Å². The molecule has 3 heterocycles. The molecular weight excluding hydrogens is 304 g/mol. The highest BCUT2D eigenvalue weighted by Gasteiger charge is 2.34. The molecule has 1 aromatic carbocycles. The normalized spacial score (nSPS) is 22.3. The van der Waals surface area contributed by atoms with Gasteiger partial charge >= 0.3 is 0 Å². The number of hydrogen-bond donors (Lipinski definition) is 0. The zero-order valence-corrected chi connectivity index (χ0v) is 14.1. The second kappa shape index (κ2) is 5.89. The standard InChI is InChI=1S/C19H22N2O3/c1-13-17-4-3-7-20(17)8-9-21(13)19(22)15-10-14-5-6-16(23-2)11-18(14)24-12-15/h3-7,11,13,15H,8-10,12H2,1-2H3/t13-,15+/m1/s1. The van der Waals surface area contributed by atoms with Gasteiger partial charge in [0.15, 0.2) is 0 Å². The monoisotopic (exact) mass is 326 g/mol. The summed E-state index contributed by atoms with van der Waals surface area (Å²) in [5.41, 5.74) is 2.28. The Morgan fingerprint density at radius 3 is 3.00 bits per heavy atom. The van der Waals surface area contributed by atoms with Gasteiger partial charge in [-0.3, -0.25) is 4.79 Å². The first-order valence-corrected chi connectivity index (χ1v) is 8.42. The Morgan fingerprint density at radius 2 is 2.17 bits per heavy atom. The molecule has 2 atom stereocenters. The average Bonchev–Trinajstić information content (AvgIpc) is 3.10. The van der Waals surface area contributed by atoms with Crippen LogP contribution in [0, 0.1) is 5.92 Å². The number of ether oxygens (including phenoxy) is 2. The van der Waals surface area contributed by atoms with E-state index in [4.69, 9.17) is 9.47 Å². The molecule has 2 aromatic rings. The molecule has 2 aliphatic rings. The number of aromatic nitrogens is 1. The van der Waals surface area contributed by atoms with Gasteiger partial charge in [-0.2, -0.15) is 0 Å². The molecule has 24 heavy (non-hydrogen) atoms. The fourth-order valence-corrected chi connectivity index (χ4v) is 3.75. The lowest BCUT2D eigenvalue weighted by atomic mass is 9.94. The van der Waals surface area contributed by atoms with Crippen molar-refractivity contribution in [1.29, 1.82) is 0 Å². The molecule has 1 amide bonds. The number of methoxy groups -OCH3 is 1. The Labute approximate surface area is 141 Å². The van der Waals surface area contributed by atoms with Gasteiger partial charge in [0.05, 0.1) is 19.1 Å². The molecule has 0 unspecified atom stereocenters. The summed E-state index contributed by atoms with van der Waals surface area (Å²) in [5.74, 6) is 1.69. The van der Waals surface area contributed by atoms with Crippen molar-refractivity contribution in [2.45, 2.75) is 25.9 Å². The molecule has 0 saturated heterocycles. The predicted octanol–water partition coefficient (Wildman–Crippen LogP) is 2.65. The minimum atomic E-state index is -0.116. The van der Waals surface area contributed by atoms with Crippen molar-refractivity contribution in [2.24, 2.45) is 5.92 Å². The summed E-state index contributed by atoms with van der Waals surface area (Å²) in [6, 6.07) is 10.1. The number of carbonyl (C=O) groups is 1. The third kappa shape index (κ3) is 2.44. The smallest absolute Gasteiger partial charge is 0.230 e. The highest BCUT2D eigenvalue weighted by molar-refractivity contribution is 5.80. The van der Waals surface area contributed by atoms with Gasteiger partial charge in [0.1, 0.15) is 18.1 Å². The van der Waals surface area contributed by atoms with Crippen molar-refractivity contribution in [3.05, 3.63) is 47.8 Å². The molecule has 0 N–H and O–H groups in total. The molecule has 0 aliphatic carbocycles. The van der Waals surface area contributed by atoms with Crippen LogP contribution in [0.15, 0.2) is 36.5 Å². The van der Waals surface area contributed by atoms with Gasteiger partial charge in [0, 0.05) is 31.0 Å². The van der Waals surface area contributed by atoms with E-state index < -0.39 is 0 Å². The number of hydrogen-bond acceptors (Lipinski definition) is 3. The minimum Gasteiger partial charge on any atom is -0.497 e. The lowest BCUT2D eigenvalue weighted by Gasteiger charge is -2.38. The highest BCUT2D eigenvalue weighted by Crippen LogP contribution is 2.33. The Morgan fingerprint density at radius 1 is 1.29 bits per heavy atom. The molecule has 5 nitrogen and oxygen atoms in total. The van der Waals surface area contributed by atoms with Crippen LogP contribution in [-0.4, -0.2) is 35.6 Å². The Balaban J connectivity index is 1.52. The number of nitrogens with zero attached hydrogens (tertiary/aromatic N) is 2. The van der Waals surface area contributed by atoms with Crippen molar-refractivity contribution in [1.82, 2.24) is 9.47 Å². The molecule has 4 rings (SSSR count). The van der Waals surface area contributed by atoms with Crippen LogP contribution < -0.4 is 9.47 Å². The largest absolute Gasteiger partial charge is 0.497 e. The maximum Gasteiger partial charge on any atom is 0.230 e. The third-order valence-corrected chi connectivity index (χ3v) is 5.15. The fourth-order valence-electron chi connectivity index (χ4n) is 3.75. The molecule has 0 bridgehead atoms. The summed E-state index contributed by atoms with van der Waals surface area (Å²) in [6.45, 7) is 4.15. The minimum absolute atomic E-state index is 0.110. The molecule has 2 aliphatic heterocycles. The van der Waals surface area contributed by atoms with Gasteiger partial charge in [0.25, 0.3) is 0 Å². The van der Waals surface area contributed by atoms with E-state index in [-0.39, 0.29) is 17.9 Å². The van der Waals surface area contributed by atoms with Crippen LogP contribution in [0.1, 0.15) is 24.2 Å². The molecule has 1 aromatic heterocycles. The first-order chi connectivity index (χ1) is 11.7. The summed E-state index contributed by atoms with van der Waals surface area (Å²) in [4.78, 5) is 15.0. The zero-order chi connectivity index (χ0) is 16.7. The maximum absolute atomic E-state index is 13.0. The first-order valence-electron chi connectivity index (χ1n) is 8.42. The van der Waals surface area contributed by atoms with Crippen LogP contribution in [0.4, 0.5) is 0 Å². The average molecular weight is 326 g/mol. The Hall–Kier alpha value is -2.43. The van der Waals surface area contributed by atoms with Crippen molar-refractivity contribution in [3.63, 3.8) is 0 Å². The zero-order valence-electron chi connectivity index (χ0n) is 14.1. The topological polar surface area (TPSA) is 43.7 Å². The number of carbonyl (C=O) groups excluding carboxylic acids is 1. The maximum atomic E-state index is 13.0. The van der Waals surface area contributed by atoms with Crippen LogP contribution in [0.2, 0.25) is 0 Å². The number of benzene rings is 1. The number of rotatable bonds is 2. The quantitative estimate of drug-likeness (QED) is 0.852. The van der Waals surface area contributed by atoms with E-state index in [0.29, 0.717) is 6.61 Å². The molecule has 0 spiro atoms. The van der Waals surface area contributed by atoms with E-state index in [0.717, 1.165) is 36.6 Å². The second-order valence-electron chi connectivity index (χ2n) is 6.52. The molecular formula is C19H22N2O3. The van der Waals surface area contributed by atoms with Crippen LogP contribution in [0.5, 0.6) is 11.5 Å². The summed E-state index contributed by atoms with van der Waals surface area (Å²) in [5, 5.41) is 0. The molecule has 0 saturated carbocycles. The lowest BCUT2D eigenvalue weighted by Crippen LogP contribution is -2.46. The van der Waals surface area contributed by atoms with Gasteiger partial charge < -0.3 is 18.9 Å². The SMILES string of the molecule is COc1ccc2c(c1)OC[C@@H](C(=O)N1CCn3cccc3[C@H]1C)C2. The van der Waals surface area contributed by atoms with Crippen molar-refractivity contribution in [3.8, 4) is 11.5 Å². The first kappa shape index (κ1) is 15.1. The third-order valence-electron chi connectivity index (χ3n) is 5.15. The Bertz CT molecular complexity index is 768. The molecule has 0 fully saturated rings. The lowest BCUT2D eigenvalue weighted by molar-refractivity contribution is -0.140. The summed E-state index contributed by atoms with van der Waals surface area (Å²) >= 11 is 0. The number of amides is 1. The van der Waals surface area contributed by atoms with E-state index in [1.54, 1.807) is 7.11 Å². The van der Waals surface area contributed by atoms with E-state index >= 15 is 0 Å². The van der Waals surface area contributed by atoms with Gasteiger partial charge in [-0.25, -0.2) is 0 Å². The molecule has 0 radical (unpaired) electrons. The van der Waals surface area contributed by atoms with Gasteiger partial charge in [-0.05, 0) is 37.1 Å². The molecule has 126 valence electrons.